The number of fused-ring (bicyclic) bond motifs is 1. The number of hydrogen-bond acceptors (Lipinski definition) is 18. The molecule has 0 bridgehead atoms. The monoisotopic (exact) mass is 1110 g/mol. The van der Waals surface area contributed by atoms with Crippen LogP contribution >= 0.6 is 0 Å². The normalized spacial score (nSPS) is 12.4. The van der Waals surface area contributed by atoms with E-state index in [1.165, 1.54) is 6.20 Å². The highest BCUT2D eigenvalue weighted by atomic mass is 32.2. The van der Waals surface area contributed by atoms with Gasteiger partial charge in [-0.25, -0.2) is 13.4 Å². The van der Waals surface area contributed by atoms with Crippen LogP contribution in [0.25, 0.3) is 10.9 Å². The zero-order chi connectivity index (χ0) is 57.5. The van der Waals surface area contributed by atoms with Crippen molar-refractivity contribution in [1.29, 1.82) is 0 Å². The molecule has 27 heteroatoms. The topological polar surface area (TPSA) is 358 Å². The number of benzene rings is 2. The summed E-state index contributed by atoms with van der Waals surface area (Å²) in [7, 11) is 0.889. The van der Waals surface area contributed by atoms with E-state index in [0.717, 1.165) is 32.5 Å². The molecule has 0 radical (unpaired) electrons. The number of rotatable bonds is 32. The lowest BCUT2D eigenvalue weighted by atomic mass is 10.1. The van der Waals surface area contributed by atoms with Gasteiger partial charge < -0.3 is 65.7 Å². The van der Waals surface area contributed by atoms with Gasteiger partial charge in [-0.05, 0) is 68.9 Å². The van der Waals surface area contributed by atoms with Crippen molar-refractivity contribution in [1.82, 2.24) is 45.4 Å². The van der Waals surface area contributed by atoms with Crippen LogP contribution < -0.4 is 47.8 Å². The highest BCUT2D eigenvalue weighted by molar-refractivity contribution is 7.89. The molecule has 0 aliphatic rings. The maximum Gasteiger partial charge on any atom is 0.325 e. The Labute approximate surface area is 451 Å². The van der Waals surface area contributed by atoms with Crippen LogP contribution in [0.3, 0.4) is 0 Å². The molecule has 0 aliphatic carbocycles. The standard InChI is InChI=1S/C51H71N11O15S/c1-31-23-32(2)46(33(3)24-31)78(72,73)60-39(50(71)76-7)29-57-47(68)36-30-62(40-25-34(11-12-35(40)45(36)67)28-58-51-56-18-20-61(51)4)19-8-15-53-41(63)13-14-42(64)54-16-9-21-77-22-10-17-55-49(70)38(27-44(66)75-6)59-48(69)37(52)26-43(65)74-5/h11-12,18,20,23-25,30,37-39,60H,8-10,13-17,19,21-22,26-29,52H2,1-7H3,(H,53,63)(H,54,64)(H,55,70)(H,56,58)(H,57,68)(H,59,69)/t37-,38-,39+/m1/s1. The van der Waals surface area contributed by atoms with Gasteiger partial charge in [0.15, 0.2) is 0 Å². The van der Waals surface area contributed by atoms with Gasteiger partial charge in [0.2, 0.25) is 45.0 Å². The molecule has 2 aromatic heterocycles. The number of esters is 3. The number of methoxy groups -OCH3 is 3. The first-order chi connectivity index (χ1) is 37.1. The molecule has 2 heterocycles. The number of nitrogens with one attached hydrogen (secondary N) is 7. The van der Waals surface area contributed by atoms with Crippen LogP contribution in [0.1, 0.15) is 77.6 Å². The van der Waals surface area contributed by atoms with Crippen molar-refractivity contribution in [2.75, 3.05) is 66.0 Å². The summed E-state index contributed by atoms with van der Waals surface area (Å²) in [6, 6.07) is 4.36. The lowest BCUT2D eigenvalue weighted by molar-refractivity contribution is -0.145. The number of amides is 5. The van der Waals surface area contributed by atoms with E-state index in [1.807, 2.05) is 14.0 Å². The second-order valence-corrected chi connectivity index (χ2v) is 19.8. The zero-order valence-electron chi connectivity index (χ0n) is 44.9. The Balaban J connectivity index is 1.27. The van der Waals surface area contributed by atoms with E-state index in [9.17, 15) is 51.6 Å². The van der Waals surface area contributed by atoms with Crippen molar-refractivity contribution >= 4 is 74.3 Å². The molecular weight excluding hydrogens is 1040 g/mol. The summed E-state index contributed by atoms with van der Waals surface area (Å²) >= 11 is 0. The summed E-state index contributed by atoms with van der Waals surface area (Å²) in [6.07, 6.45) is 4.91. The van der Waals surface area contributed by atoms with Crippen LogP contribution in [0.2, 0.25) is 0 Å². The highest BCUT2D eigenvalue weighted by Crippen LogP contribution is 2.22. The van der Waals surface area contributed by atoms with Crippen molar-refractivity contribution in [3.05, 3.63) is 87.0 Å². The molecule has 4 rings (SSSR count). The van der Waals surface area contributed by atoms with E-state index in [-0.39, 0.29) is 79.9 Å². The fraction of sp³-hybridized carbons (Fsp3) is 0.490. The lowest BCUT2D eigenvalue weighted by Crippen LogP contribution is -2.53. The minimum Gasteiger partial charge on any atom is -0.469 e. The number of anilines is 1. The maximum absolute atomic E-state index is 13.9. The number of sulfonamides is 1. The van der Waals surface area contributed by atoms with Gasteiger partial charge in [0.05, 0.1) is 50.6 Å². The maximum atomic E-state index is 13.9. The number of ether oxygens (including phenoxy) is 4. The number of imidazole rings is 1. The molecule has 0 aliphatic heterocycles. The number of nitrogens with two attached hydrogens (primary N) is 1. The third kappa shape index (κ3) is 19.4. The van der Waals surface area contributed by atoms with E-state index in [1.54, 1.807) is 65.7 Å². The van der Waals surface area contributed by atoms with E-state index in [2.05, 4.69) is 51.1 Å². The smallest absolute Gasteiger partial charge is 0.325 e. The van der Waals surface area contributed by atoms with E-state index in [0.29, 0.717) is 48.4 Å². The Morgan fingerprint density at radius 1 is 0.756 bits per heavy atom. The van der Waals surface area contributed by atoms with Gasteiger partial charge in [0, 0.05) is 96.3 Å². The molecule has 0 spiro atoms. The first kappa shape index (κ1) is 62.8. The van der Waals surface area contributed by atoms with Crippen LogP contribution in [-0.4, -0.2) is 149 Å². The number of hydrogen-bond donors (Lipinski definition) is 8. The quantitative estimate of drug-likeness (QED) is 0.0178. The van der Waals surface area contributed by atoms with Gasteiger partial charge in [0.1, 0.15) is 17.6 Å². The van der Waals surface area contributed by atoms with Gasteiger partial charge in [-0.1, -0.05) is 23.8 Å². The molecule has 0 unspecified atom stereocenters. The van der Waals surface area contributed by atoms with Crippen LogP contribution in [0, 0.1) is 20.8 Å². The predicted molar refractivity (Wildman–Crippen MR) is 284 cm³/mol. The third-order valence-corrected chi connectivity index (χ3v) is 13.8. The summed E-state index contributed by atoms with van der Waals surface area (Å²) in [4.78, 5) is 119. The van der Waals surface area contributed by atoms with Crippen molar-refractivity contribution < 1.29 is 65.7 Å². The largest absolute Gasteiger partial charge is 0.469 e. The molecule has 3 atom stereocenters. The summed E-state index contributed by atoms with van der Waals surface area (Å²) in [5.74, 6) is -4.93. The molecule has 9 N–H and O–H groups in total. The molecule has 5 amide bonds. The Morgan fingerprint density at radius 3 is 1.97 bits per heavy atom. The number of pyridine rings is 1. The fourth-order valence-electron chi connectivity index (χ4n) is 8.04. The van der Waals surface area contributed by atoms with Crippen molar-refractivity contribution in [3.8, 4) is 0 Å². The van der Waals surface area contributed by atoms with Crippen LogP contribution in [0.15, 0.2) is 58.6 Å². The van der Waals surface area contributed by atoms with Crippen molar-refractivity contribution in [3.63, 3.8) is 0 Å². The van der Waals surface area contributed by atoms with Crippen molar-refractivity contribution in [2.45, 2.75) is 102 Å². The van der Waals surface area contributed by atoms with E-state index in [4.69, 9.17) is 15.2 Å². The van der Waals surface area contributed by atoms with Crippen LogP contribution in [0.4, 0.5) is 5.95 Å². The summed E-state index contributed by atoms with van der Waals surface area (Å²) in [5.41, 5.74) is 7.86. The minimum atomic E-state index is -4.29. The SMILES string of the molecule is COC(=O)C[C@@H](N)C(=O)N[C@H](CC(=O)OC)C(=O)NCCCOCCCNC(=O)CCC(=O)NCCCn1cc(C(=O)NC[C@H](NS(=O)(=O)c2c(C)cc(C)cc2C)C(=O)OC)c(=O)c2ccc(CNc3nccn3C)cc21. The van der Waals surface area contributed by atoms with E-state index >= 15 is 0 Å². The zero-order valence-corrected chi connectivity index (χ0v) is 45.7. The molecule has 26 nitrogen and oxygen atoms in total. The molecule has 78 heavy (non-hydrogen) atoms. The second kappa shape index (κ2) is 30.9. The van der Waals surface area contributed by atoms with E-state index < -0.39 is 88.6 Å². The molecular formula is C51H71N11O15S. The Kier molecular flexibility index (Phi) is 24.8. The van der Waals surface area contributed by atoms with Gasteiger partial charge >= 0.3 is 17.9 Å². The first-order valence-corrected chi connectivity index (χ1v) is 26.5. The molecule has 0 saturated carbocycles. The lowest BCUT2D eigenvalue weighted by Gasteiger charge is -2.20. The van der Waals surface area contributed by atoms with Gasteiger partial charge in [-0.2, -0.15) is 4.72 Å². The van der Waals surface area contributed by atoms with Gasteiger partial charge in [0.25, 0.3) is 5.91 Å². The highest BCUT2D eigenvalue weighted by Gasteiger charge is 2.31. The minimum absolute atomic E-state index is 0.0169. The number of nitrogens with zero attached hydrogens (tertiary/aromatic N) is 3. The van der Waals surface area contributed by atoms with Gasteiger partial charge in [-0.15, -0.1) is 0 Å². The third-order valence-electron chi connectivity index (χ3n) is 12.0. The molecule has 426 valence electrons. The second-order valence-electron chi connectivity index (χ2n) is 18.2. The van der Waals surface area contributed by atoms with Crippen LogP contribution in [0.5, 0.6) is 0 Å². The average molecular weight is 1110 g/mol. The predicted octanol–water partition coefficient (Wildman–Crippen LogP) is -0.224. The van der Waals surface area contributed by atoms with Gasteiger partial charge in [-0.3, -0.25) is 43.2 Å². The number of aryl methyl sites for hydroxylation is 5. The Morgan fingerprint density at radius 2 is 1.37 bits per heavy atom. The summed E-state index contributed by atoms with van der Waals surface area (Å²) in [5, 5.41) is 16.4. The first-order valence-electron chi connectivity index (χ1n) is 25.0. The van der Waals surface area contributed by atoms with Crippen LogP contribution in [-0.2, 0) is 82.7 Å². The summed E-state index contributed by atoms with van der Waals surface area (Å²) < 4.78 is 52.5. The average Bonchev–Trinajstić information content (AvgIpc) is 3.86. The molecule has 0 saturated heterocycles. The Bertz CT molecular complexity index is 2940. The van der Waals surface area contributed by atoms with Crippen molar-refractivity contribution in [2.24, 2.45) is 12.8 Å². The fourth-order valence-corrected chi connectivity index (χ4v) is 9.68. The number of aromatic nitrogens is 3. The summed E-state index contributed by atoms with van der Waals surface area (Å²) in [6.45, 7) is 6.22. The molecule has 2 aromatic carbocycles. The number of carbonyl (C=O) groups excluding carboxylic acids is 8. The molecule has 4 aromatic rings. The number of carbonyl (C=O) groups is 8. The molecule has 0 fully saturated rings. The Hall–Kier alpha value is -7.75.